The number of nitrogen functional groups attached to an aromatic ring is 1. The van der Waals surface area contributed by atoms with Crippen LogP contribution < -0.4 is 10.5 Å². The summed E-state index contributed by atoms with van der Waals surface area (Å²) in [6.45, 7) is 3.40. The number of amides is 1. The van der Waals surface area contributed by atoms with Gasteiger partial charge in [-0.25, -0.2) is 0 Å². The summed E-state index contributed by atoms with van der Waals surface area (Å²) >= 11 is 0. The fourth-order valence-corrected chi connectivity index (χ4v) is 1.39. The Morgan fingerprint density at radius 3 is 2.45 bits per heavy atom. The largest absolute Gasteiger partial charge is 0.482 e. The summed E-state index contributed by atoms with van der Waals surface area (Å²) in [7, 11) is 1.62. The number of ether oxygens (including phenoxy) is 1. The molecule has 4 nitrogen and oxygen atoms in total. The first-order valence-corrected chi connectivity index (χ1v) is 5.98. The summed E-state index contributed by atoms with van der Waals surface area (Å²) in [4.78, 5) is 13.1. The van der Waals surface area contributed by atoms with Gasteiger partial charge in [0.15, 0.2) is 6.61 Å². The summed E-state index contributed by atoms with van der Waals surface area (Å²) in [6.07, 6.45) is -4.46. The summed E-state index contributed by atoms with van der Waals surface area (Å²) in [6, 6.07) is 2.77. The molecule has 2 N–H and O–H groups in total. The van der Waals surface area contributed by atoms with E-state index in [-0.39, 0.29) is 30.0 Å². The smallest absolute Gasteiger partial charge is 0.416 e. The molecule has 0 spiro atoms. The normalized spacial score (nSPS) is 11.6. The number of nitrogens with zero attached hydrogens (tertiary/aromatic N) is 1. The Bertz CT molecular complexity index is 487. The first kappa shape index (κ1) is 16.1. The molecule has 0 aliphatic heterocycles. The number of halogens is 3. The Kier molecular flexibility index (Phi) is 4.86. The van der Waals surface area contributed by atoms with Gasteiger partial charge in [0.05, 0.1) is 11.3 Å². The topological polar surface area (TPSA) is 55.6 Å². The number of alkyl halides is 3. The minimum atomic E-state index is -4.46. The molecular formula is C13H17F3N2O2. The lowest BCUT2D eigenvalue weighted by molar-refractivity contribution is -0.137. The van der Waals surface area contributed by atoms with Gasteiger partial charge < -0.3 is 15.4 Å². The lowest BCUT2D eigenvalue weighted by Gasteiger charge is -2.21. The SMILES string of the molecule is CC(C)N(C)C(=O)COc1ccc(C(F)(F)F)cc1N. The zero-order valence-electron chi connectivity index (χ0n) is 11.5. The van der Waals surface area contributed by atoms with Gasteiger partial charge in [-0.3, -0.25) is 4.79 Å². The molecular weight excluding hydrogens is 273 g/mol. The van der Waals surface area contributed by atoms with Gasteiger partial charge in [-0.2, -0.15) is 13.2 Å². The van der Waals surface area contributed by atoms with E-state index in [4.69, 9.17) is 10.5 Å². The lowest BCUT2D eigenvalue weighted by Crippen LogP contribution is -2.36. The van der Waals surface area contributed by atoms with Gasteiger partial charge in [0, 0.05) is 13.1 Å². The molecule has 0 aliphatic carbocycles. The highest BCUT2D eigenvalue weighted by molar-refractivity contribution is 5.78. The van der Waals surface area contributed by atoms with Crippen LogP contribution in [0.25, 0.3) is 0 Å². The highest BCUT2D eigenvalue weighted by atomic mass is 19.4. The number of likely N-dealkylation sites (N-methyl/N-ethyl adjacent to an activating group) is 1. The second-order valence-electron chi connectivity index (χ2n) is 4.64. The summed E-state index contributed by atoms with van der Waals surface area (Å²) < 4.78 is 42.5. The average Bonchev–Trinajstić information content (AvgIpc) is 2.34. The van der Waals surface area contributed by atoms with Crippen molar-refractivity contribution in [2.45, 2.75) is 26.1 Å². The van der Waals surface area contributed by atoms with Crippen LogP contribution in [0.2, 0.25) is 0 Å². The van der Waals surface area contributed by atoms with Gasteiger partial charge in [0.1, 0.15) is 5.75 Å². The maximum absolute atomic E-state index is 12.5. The number of hydrogen-bond donors (Lipinski definition) is 1. The Labute approximate surface area is 115 Å². The third-order valence-electron chi connectivity index (χ3n) is 2.86. The van der Waals surface area contributed by atoms with Gasteiger partial charge in [0.2, 0.25) is 0 Å². The number of nitrogens with two attached hydrogens (primary N) is 1. The zero-order chi connectivity index (χ0) is 15.5. The standard InChI is InChI=1S/C13H17F3N2O2/c1-8(2)18(3)12(19)7-20-11-5-4-9(6-10(11)17)13(14,15)16/h4-6,8H,7,17H2,1-3H3. The van der Waals surface area contributed by atoms with Crippen molar-refractivity contribution >= 4 is 11.6 Å². The third-order valence-corrected chi connectivity index (χ3v) is 2.86. The molecule has 0 bridgehead atoms. The highest BCUT2D eigenvalue weighted by Crippen LogP contribution is 2.33. The van der Waals surface area contributed by atoms with Crippen LogP contribution in [0.3, 0.4) is 0 Å². The predicted molar refractivity (Wildman–Crippen MR) is 69.3 cm³/mol. The summed E-state index contributed by atoms with van der Waals surface area (Å²) in [5.74, 6) is -0.220. The molecule has 7 heteroatoms. The van der Waals surface area contributed by atoms with E-state index in [0.29, 0.717) is 0 Å². The molecule has 0 aliphatic rings. The Balaban J connectivity index is 2.73. The summed E-state index contributed by atoms with van der Waals surface area (Å²) in [5.41, 5.74) is 4.48. The minimum Gasteiger partial charge on any atom is -0.482 e. The summed E-state index contributed by atoms with van der Waals surface area (Å²) in [5, 5.41) is 0. The predicted octanol–water partition coefficient (Wildman–Crippen LogP) is 2.53. The molecule has 20 heavy (non-hydrogen) atoms. The van der Waals surface area contributed by atoms with Crippen molar-refractivity contribution in [3.05, 3.63) is 23.8 Å². The van der Waals surface area contributed by atoms with Crippen molar-refractivity contribution < 1.29 is 22.7 Å². The van der Waals surface area contributed by atoms with Crippen LogP contribution >= 0.6 is 0 Å². The number of benzene rings is 1. The van der Waals surface area contributed by atoms with Gasteiger partial charge in [-0.15, -0.1) is 0 Å². The van der Waals surface area contributed by atoms with Crippen LogP contribution in [0.4, 0.5) is 18.9 Å². The van der Waals surface area contributed by atoms with Crippen LogP contribution in [0.5, 0.6) is 5.75 Å². The average molecular weight is 290 g/mol. The molecule has 0 radical (unpaired) electrons. The lowest BCUT2D eigenvalue weighted by atomic mass is 10.2. The van der Waals surface area contributed by atoms with Gasteiger partial charge >= 0.3 is 6.18 Å². The third kappa shape index (κ3) is 4.04. The van der Waals surface area contributed by atoms with Crippen LogP contribution in [0.1, 0.15) is 19.4 Å². The Hall–Kier alpha value is -1.92. The zero-order valence-corrected chi connectivity index (χ0v) is 11.5. The van der Waals surface area contributed by atoms with Gasteiger partial charge in [-0.1, -0.05) is 0 Å². The number of hydrogen-bond acceptors (Lipinski definition) is 3. The molecule has 1 amide bonds. The van der Waals surface area contributed by atoms with Gasteiger partial charge in [-0.05, 0) is 32.0 Å². The Morgan fingerprint density at radius 1 is 1.40 bits per heavy atom. The number of carbonyl (C=O) groups is 1. The van der Waals surface area contributed by atoms with Crippen LogP contribution in [0, 0.1) is 0 Å². The first-order valence-electron chi connectivity index (χ1n) is 5.98. The van der Waals surface area contributed by atoms with E-state index in [0.717, 1.165) is 18.2 Å². The molecule has 1 rings (SSSR count). The maximum atomic E-state index is 12.5. The minimum absolute atomic E-state index is 0.0102. The van der Waals surface area contributed by atoms with E-state index in [1.165, 1.54) is 4.90 Å². The molecule has 0 atom stereocenters. The van der Waals surface area contributed by atoms with Crippen LogP contribution in [-0.2, 0) is 11.0 Å². The molecule has 0 heterocycles. The second-order valence-corrected chi connectivity index (χ2v) is 4.64. The van der Waals surface area contributed by atoms with E-state index in [1.807, 2.05) is 13.8 Å². The van der Waals surface area contributed by atoms with Crippen molar-refractivity contribution in [3.63, 3.8) is 0 Å². The molecule has 0 saturated heterocycles. The van der Waals surface area contributed by atoms with E-state index in [9.17, 15) is 18.0 Å². The van der Waals surface area contributed by atoms with Gasteiger partial charge in [0.25, 0.3) is 5.91 Å². The van der Waals surface area contributed by atoms with E-state index in [1.54, 1.807) is 7.05 Å². The molecule has 112 valence electrons. The quantitative estimate of drug-likeness (QED) is 0.867. The van der Waals surface area contributed by atoms with Crippen molar-refractivity contribution in [2.24, 2.45) is 0 Å². The highest BCUT2D eigenvalue weighted by Gasteiger charge is 2.31. The molecule has 0 aromatic heterocycles. The fourth-order valence-electron chi connectivity index (χ4n) is 1.39. The van der Waals surface area contributed by atoms with E-state index < -0.39 is 11.7 Å². The van der Waals surface area contributed by atoms with Crippen molar-refractivity contribution in [1.29, 1.82) is 0 Å². The number of carbonyl (C=O) groups excluding carboxylic acids is 1. The van der Waals surface area contributed by atoms with Crippen molar-refractivity contribution in [1.82, 2.24) is 4.90 Å². The molecule has 0 saturated carbocycles. The number of rotatable bonds is 4. The number of anilines is 1. The molecule has 1 aromatic carbocycles. The van der Waals surface area contributed by atoms with Crippen LogP contribution in [0.15, 0.2) is 18.2 Å². The first-order chi connectivity index (χ1) is 9.12. The molecule has 1 aromatic rings. The van der Waals surface area contributed by atoms with E-state index in [2.05, 4.69) is 0 Å². The molecule has 0 fully saturated rings. The van der Waals surface area contributed by atoms with Crippen molar-refractivity contribution in [2.75, 3.05) is 19.4 Å². The monoisotopic (exact) mass is 290 g/mol. The second kappa shape index (κ2) is 6.02. The maximum Gasteiger partial charge on any atom is 0.416 e. The van der Waals surface area contributed by atoms with E-state index >= 15 is 0 Å². The van der Waals surface area contributed by atoms with Crippen LogP contribution in [-0.4, -0.2) is 30.5 Å². The van der Waals surface area contributed by atoms with Crippen molar-refractivity contribution in [3.8, 4) is 5.75 Å². The Morgan fingerprint density at radius 2 is 2.00 bits per heavy atom. The fraction of sp³-hybridized carbons (Fsp3) is 0.462. The molecule has 0 unspecified atom stereocenters.